The number of carbonyl (C=O) groups is 1. The number of ketones is 1. The summed E-state index contributed by atoms with van der Waals surface area (Å²) in [5, 5.41) is 13.7. The number of tetrazole rings is 1. The van der Waals surface area contributed by atoms with Crippen LogP contribution in [0.3, 0.4) is 0 Å². The summed E-state index contributed by atoms with van der Waals surface area (Å²) in [6.45, 7) is 10.2. The minimum absolute atomic E-state index is 0.337. The summed E-state index contributed by atoms with van der Waals surface area (Å²) in [6.07, 6.45) is 2.12. The van der Waals surface area contributed by atoms with E-state index in [1.54, 1.807) is 0 Å². The number of hydrogen-bond acceptors (Lipinski definition) is 4. The van der Waals surface area contributed by atoms with Gasteiger partial charge in [-0.3, -0.25) is 4.79 Å². The molecule has 0 saturated heterocycles. The second-order valence-electron chi connectivity index (χ2n) is 4.67. The Balaban J connectivity index is 2.32. The van der Waals surface area contributed by atoms with Crippen molar-refractivity contribution in [2.24, 2.45) is 0 Å². The number of hydrogen-bond donors (Lipinski definition) is 1. The molecule has 0 aromatic carbocycles. The maximum Gasteiger partial charge on any atom is 0.186 e. The van der Waals surface area contributed by atoms with E-state index in [9.17, 15) is 4.79 Å². The molecule has 1 rings (SSSR count). The van der Waals surface area contributed by atoms with Crippen LogP contribution in [-0.4, -0.2) is 57.1 Å². The number of carbonyl (C=O) groups excluding carboxylic acids is 1. The van der Waals surface area contributed by atoms with Crippen LogP contribution in [0.15, 0.2) is 0 Å². The molecule has 0 unspecified atom stereocenters. The zero-order chi connectivity index (χ0) is 13.4. The predicted molar refractivity (Wildman–Crippen MR) is 68.9 cm³/mol. The maximum absolute atomic E-state index is 12.0. The summed E-state index contributed by atoms with van der Waals surface area (Å²) in [6, 6.07) is 0. The van der Waals surface area contributed by atoms with Crippen molar-refractivity contribution >= 4 is 5.78 Å². The third kappa shape index (κ3) is 4.18. The highest BCUT2D eigenvalue weighted by Crippen LogP contribution is 2.08. The zero-order valence-electron chi connectivity index (χ0n) is 11.6. The van der Waals surface area contributed by atoms with Crippen molar-refractivity contribution in [1.29, 1.82) is 0 Å². The largest absolute Gasteiger partial charge is 0.318 e. The Morgan fingerprint density at radius 3 is 2.39 bits per heavy atom. The summed E-state index contributed by atoms with van der Waals surface area (Å²) >= 11 is 0. The summed E-state index contributed by atoms with van der Waals surface area (Å²) in [5.41, 5.74) is 0. The van der Waals surface area contributed by atoms with Crippen molar-refractivity contribution in [2.45, 2.75) is 40.0 Å². The summed E-state index contributed by atoms with van der Waals surface area (Å²) in [7, 11) is 0. The lowest BCUT2D eigenvalue weighted by Gasteiger charge is -2.35. The second-order valence-corrected chi connectivity index (χ2v) is 4.67. The monoisotopic (exact) mass is 254 g/mol. The Bertz CT molecular complexity index is 337. The van der Waals surface area contributed by atoms with Gasteiger partial charge in [-0.05, 0) is 27.2 Å². The Morgan fingerprint density at radius 2 is 1.89 bits per heavy atom. The second kappa shape index (κ2) is 7.20. The fraction of sp³-hybridized carbons (Fsp3) is 0.833. The highest BCUT2D eigenvalue weighted by atomic mass is 16.1. The quantitative estimate of drug-likeness (QED) is 0.666. The molecule has 0 aliphatic rings. The van der Waals surface area contributed by atoms with Crippen LogP contribution in [0.5, 0.6) is 0 Å². The Labute approximate surface area is 108 Å². The third-order valence-corrected chi connectivity index (χ3v) is 3.77. The van der Waals surface area contributed by atoms with Crippen molar-refractivity contribution in [3.8, 4) is 0 Å². The number of nitrogens with one attached hydrogen (secondary N) is 1. The molecule has 1 heterocycles. The van der Waals surface area contributed by atoms with Crippen LogP contribution in [0, 0.1) is 0 Å². The molecule has 0 fully saturated rings. The number of aryl methyl sites for hydroxylation is 1. The van der Waals surface area contributed by atoms with E-state index in [1.807, 2.05) is 0 Å². The first-order valence-corrected chi connectivity index (χ1v) is 6.75. The van der Waals surface area contributed by atoms with Crippen LogP contribution >= 0.6 is 0 Å². The SMILES string of the molecule is CC[N+](CC)(CC)CC(=O)CCCc1nn[nH]n1. The average molecular weight is 254 g/mol. The number of nitrogens with zero attached hydrogens (tertiary/aromatic N) is 4. The predicted octanol–water partition coefficient (Wildman–Crippen LogP) is 0.968. The Hall–Kier alpha value is -1.30. The molecule has 18 heavy (non-hydrogen) atoms. The molecule has 0 spiro atoms. The lowest BCUT2D eigenvalue weighted by molar-refractivity contribution is -0.915. The van der Waals surface area contributed by atoms with E-state index in [0.29, 0.717) is 31.0 Å². The topological polar surface area (TPSA) is 71.5 Å². The van der Waals surface area contributed by atoms with E-state index in [4.69, 9.17) is 0 Å². The van der Waals surface area contributed by atoms with Gasteiger partial charge in [0.2, 0.25) is 0 Å². The number of likely N-dealkylation sites (N-methyl/N-ethyl adjacent to an activating group) is 1. The molecule has 1 aromatic heterocycles. The number of aromatic amines is 1. The standard InChI is InChI=1S/C12H24N5O/c1-4-17(5-2,6-3)10-11(18)8-7-9-12-13-15-16-14-12/h4-10H2,1-3H3,(H,13,14,15,16)/q+1. The van der Waals surface area contributed by atoms with Crippen molar-refractivity contribution in [2.75, 3.05) is 26.2 Å². The van der Waals surface area contributed by atoms with Crippen LogP contribution in [0.4, 0.5) is 0 Å². The normalized spacial score (nSPS) is 11.7. The van der Waals surface area contributed by atoms with Crippen molar-refractivity contribution in [3.05, 3.63) is 5.82 Å². The molecular formula is C12H24N5O+. The number of Topliss-reactive ketones (excluding diaryl/α,β-unsaturated/α-hetero) is 1. The van der Waals surface area contributed by atoms with Crippen molar-refractivity contribution < 1.29 is 9.28 Å². The van der Waals surface area contributed by atoms with Crippen LogP contribution in [-0.2, 0) is 11.2 Å². The van der Waals surface area contributed by atoms with Gasteiger partial charge in [0.25, 0.3) is 0 Å². The van der Waals surface area contributed by atoms with E-state index in [1.165, 1.54) is 0 Å². The van der Waals surface area contributed by atoms with Gasteiger partial charge in [-0.2, -0.15) is 5.21 Å². The molecule has 0 bridgehead atoms. The Morgan fingerprint density at radius 1 is 1.22 bits per heavy atom. The first-order chi connectivity index (χ1) is 8.65. The van der Waals surface area contributed by atoms with Gasteiger partial charge in [-0.15, -0.1) is 10.2 Å². The molecule has 0 aliphatic heterocycles. The van der Waals surface area contributed by atoms with Crippen LogP contribution in [0.1, 0.15) is 39.4 Å². The fourth-order valence-corrected chi connectivity index (χ4v) is 2.19. The van der Waals surface area contributed by atoms with Gasteiger partial charge in [0.05, 0.1) is 19.6 Å². The first kappa shape index (κ1) is 14.8. The molecule has 1 aromatic rings. The molecule has 6 nitrogen and oxygen atoms in total. The molecule has 102 valence electrons. The number of aromatic nitrogens is 4. The average Bonchev–Trinajstić information content (AvgIpc) is 2.89. The minimum atomic E-state index is 0.337. The van der Waals surface area contributed by atoms with Crippen LogP contribution in [0.25, 0.3) is 0 Å². The van der Waals surface area contributed by atoms with Gasteiger partial charge < -0.3 is 4.48 Å². The molecule has 0 saturated carbocycles. The minimum Gasteiger partial charge on any atom is -0.318 e. The fourth-order valence-electron chi connectivity index (χ4n) is 2.19. The molecule has 0 amide bonds. The maximum atomic E-state index is 12.0. The third-order valence-electron chi connectivity index (χ3n) is 3.77. The van der Waals surface area contributed by atoms with E-state index in [-0.39, 0.29) is 0 Å². The van der Waals surface area contributed by atoms with Gasteiger partial charge in [-0.25, -0.2) is 0 Å². The lowest BCUT2D eigenvalue weighted by atomic mass is 10.1. The molecular weight excluding hydrogens is 230 g/mol. The molecule has 6 heteroatoms. The van der Waals surface area contributed by atoms with E-state index in [0.717, 1.165) is 30.5 Å². The highest BCUT2D eigenvalue weighted by molar-refractivity contribution is 5.79. The zero-order valence-corrected chi connectivity index (χ0v) is 11.6. The molecule has 1 N–H and O–H groups in total. The Kier molecular flexibility index (Phi) is 5.91. The van der Waals surface area contributed by atoms with Gasteiger partial charge in [0.1, 0.15) is 6.54 Å². The van der Waals surface area contributed by atoms with Gasteiger partial charge in [-0.1, -0.05) is 5.21 Å². The summed E-state index contributed by atoms with van der Waals surface area (Å²) in [5.74, 6) is 1.02. The van der Waals surface area contributed by atoms with Gasteiger partial charge >= 0.3 is 0 Å². The number of quaternary nitrogens is 1. The van der Waals surface area contributed by atoms with Gasteiger partial charge in [0, 0.05) is 12.8 Å². The van der Waals surface area contributed by atoms with Crippen LogP contribution in [0.2, 0.25) is 0 Å². The molecule has 0 atom stereocenters. The lowest BCUT2D eigenvalue weighted by Crippen LogP contribution is -2.50. The van der Waals surface area contributed by atoms with Crippen molar-refractivity contribution in [1.82, 2.24) is 20.6 Å². The van der Waals surface area contributed by atoms with E-state index < -0.39 is 0 Å². The summed E-state index contributed by atoms with van der Waals surface area (Å²) in [4.78, 5) is 12.0. The van der Waals surface area contributed by atoms with Crippen LogP contribution < -0.4 is 0 Å². The van der Waals surface area contributed by atoms with E-state index in [2.05, 4.69) is 41.4 Å². The highest BCUT2D eigenvalue weighted by Gasteiger charge is 2.24. The molecule has 0 aliphatic carbocycles. The molecule has 0 radical (unpaired) electrons. The number of H-pyrrole nitrogens is 1. The first-order valence-electron chi connectivity index (χ1n) is 6.75. The van der Waals surface area contributed by atoms with Crippen molar-refractivity contribution in [3.63, 3.8) is 0 Å². The summed E-state index contributed by atoms with van der Waals surface area (Å²) < 4.78 is 0.890. The van der Waals surface area contributed by atoms with E-state index >= 15 is 0 Å². The smallest absolute Gasteiger partial charge is 0.186 e. The van der Waals surface area contributed by atoms with Gasteiger partial charge in [0.15, 0.2) is 11.6 Å². The number of rotatable bonds is 9.